The van der Waals surface area contributed by atoms with Gasteiger partial charge >= 0.3 is 324 Å². The first-order valence-corrected chi connectivity index (χ1v) is 26.3. The molecule has 5 heteroatoms. The molecule has 3 nitrogen and oxygen atoms in total. The topological polar surface area (TPSA) is 13.1 Å². The fraction of sp³-hybridized carbons (Fsp3) is 0. The van der Waals surface area contributed by atoms with Crippen LogP contribution in [0.4, 0.5) is 21.5 Å². The third-order valence-corrected chi connectivity index (χ3v) is 23.1. The maximum atomic E-state index is 14.2. The van der Waals surface area contributed by atoms with Crippen LogP contribution in [0.25, 0.3) is 55.0 Å². The van der Waals surface area contributed by atoms with Crippen LogP contribution in [0.1, 0.15) is 0 Å². The molecule has 0 unspecified atom stereocenters. The number of anilines is 3. The summed E-state index contributed by atoms with van der Waals surface area (Å²) in [4.78, 5) is 2.37. The average molecular weight is 897 g/mol. The summed E-state index contributed by atoms with van der Waals surface area (Å²) in [7, 11) is 0. The van der Waals surface area contributed by atoms with Gasteiger partial charge in [0, 0.05) is 5.69 Å². The summed E-state index contributed by atoms with van der Waals surface area (Å²) in [6.07, 6.45) is 0. The number of benzene rings is 10. The van der Waals surface area contributed by atoms with E-state index in [0.29, 0.717) is 0 Å². The standard InChI is InChI=1S/C60H42FGeN3/c61-43-30-33-50(34-31-43)65-57-29-17-16-28-53(57)55-41-51(35-38-59(55)65)63(48-24-12-4-13-25-48)52-36-39-60-56(42-52)54-40-47(32-37-58(54)64(60)49-26-14-5-15-27-49)62(44-18-6-1-7-19-44,45-20-8-2-9-21-45)46-22-10-3-11-23-46/h1-42H. The van der Waals surface area contributed by atoms with Crippen LogP contribution in [-0.2, 0) is 0 Å². The van der Waals surface area contributed by atoms with Crippen LogP contribution >= 0.6 is 0 Å². The molecule has 12 rings (SSSR count). The molecule has 0 bridgehead atoms. The van der Waals surface area contributed by atoms with Crippen molar-refractivity contribution in [3.8, 4) is 11.4 Å². The van der Waals surface area contributed by atoms with Crippen molar-refractivity contribution in [3.63, 3.8) is 0 Å². The molecule has 0 aliphatic heterocycles. The monoisotopic (exact) mass is 897 g/mol. The summed E-state index contributed by atoms with van der Waals surface area (Å²) in [6, 6.07) is 91.3. The van der Waals surface area contributed by atoms with Gasteiger partial charge in [0.15, 0.2) is 0 Å². The third-order valence-electron chi connectivity index (χ3n) is 13.1. The van der Waals surface area contributed by atoms with Gasteiger partial charge in [0.2, 0.25) is 0 Å². The van der Waals surface area contributed by atoms with Crippen molar-refractivity contribution in [3.05, 3.63) is 261 Å². The van der Waals surface area contributed by atoms with E-state index in [9.17, 15) is 4.39 Å². The molecule has 0 radical (unpaired) electrons. The molecule has 0 spiro atoms. The minimum Gasteiger partial charge on any atom is -0.0351 e. The number of para-hydroxylation sites is 3. The van der Waals surface area contributed by atoms with Gasteiger partial charge in [-0.3, -0.25) is 0 Å². The van der Waals surface area contributed by atoms with Crippen molar-refractivity contribution < 1.29 is 4.39 Å². The quantitative estimate of drug-likeness (QED) is 0.132. The second-order valence-electron chi connectivity index (χ2n) is 16.7. The zero-order chi connectivity index (χ0) is 43.3. The predicted molar refractivity (Wildman–Crippen MR) is 273 cm³/mol. The maximum Gasteiger partial charge on any atom is -0.0242 e. The molecule has 0 aliphatic rings. The van der Waals surface area contributed by atoms with Crippen molar-refractivity contribution in [1.82, 2.24) is 9.13 Å². The SMILES string of the molecule is Fc1ccc(-n2c3ccccc3c3cc(N(c4ccccc4)c4ccc5c(c4)c4c[c]([Ge]([c]6ccccc6)([c]6ccccc6)[c]6ccccc6)ccc4n5-c4ccccc4)ccc32)cc1. The average Bonchev–Trinajstić information content (AvgIpc) is 3.88. The first-order valence-electron chi connectivity index (χ1n) is 22.1. The largest absolute Gasteiger partial charge is 0.0351 e. The number of fused-ring (bicyclic) bond motifs is 6. The van der Waals surface area contributed by atoms with Crippen molar-refractivity contribution in [2.75, 3.05) is 4.90 Å². The fourth-order valence-electron chi connectivity index (χ4n) is 10.3. The van der Waals surface area contributed by atoms with Gasteiger partial charge in [-0.15, -0.1) is 0 Å². The molecule has 2 heterocycles. The van der Waals surface area contributed by atoms with Crippen LogP contribution in [0.2, 0.25) is 0 Å². The molecule has 0 atom stereocenters. The van der Waals surface area contributed by atoms with E-state index in [0.717, 1.165) is 55.8 Å². The van der Waals surface area contributed by atoms with Gasteiger partial charge in [0.25, 0.3) is 0 Å². The molecule has 65 heavy (non-hydrogen) atoms. The molecule has 10 aromatic carbocycles. The van der Waals surface area contributed by atoms with Crippen molar-refractivity contribution in [1.29, 1.82) is 0 Å². The summed E-state index contributed by atoms with van der Waals surface area (Å²) in [5.41, 5.74) is 9.66. The van der Waals surface area contributed by atoms with Gasteiger partial charge < -0.3 is 0 Å². The Bertz CT molecular complexity index is 3550. The number of hydrogen-bond acceptors (Lipinski definition) is 1. The molecule has 0 amide bonds. The number of halogens is 1. The van der Waals surface area contributed by atoms with Crippen LogP contribution in [0, 0.1) is 5.82 Å². The number of rotatable bonds is 9. The molecular weight excluding hydrogens is 854 g/mol. The Kier molecular flexibility index (Phi) is 9.54. The molecule has 2 aromatic heterocycles. The number of aromatic nitrogens is 2. The van der Waals surface area contributed by atoms with Gasteiger partial charge in [0.05, 0.1) is 0 Å². The first-order chi connectivity index (χ1) is 32.2. The Morgan fingerprint density at radius 2 is 0.692 bits per heavy atom. The summed E-state index contributed by atoms with van der Waals surface area (Å²) < 4.78 is 24.4. The van der Waals surface area contributed by atoms with Crippen LogP contribution < -0.4 is 22.5 Å². The molecule has 0 N–H and O–H groups in total. The summed E-state index contributed by atoms with van der Waals surface area (Å²) in [5, 5.41) is 4.66. The minimum atomic E-state index is -3.61. The fourth-order valence-corrected chi connectivity index (χ4v) is 20.3. The van der Waals surface area contributed by atoms with Gasteiger partial charge in [-0.1, -0.05) is 12.1 Å². The summed E-state index contributed by atoms with van der Waals surface area (Å²) >= 11 is -3.61. The van der Waals surface area contributed by atoms with E-state index in [1.54, 1.807) is 0 Å². The Balaban J connectivity index is 1.12. The van der Waals surface area contributed by atoms with E-state index >= 15 is 0 Å². The van der Waals surface area contributed by atoms with Crippen molar-refractivity contribution in [2.24, 2.45) is 0 Å². The van der Waals surface area contributed by atoms with E-state index < -0.39 is 13.3 Å². The Labute approximate surface area is 379 Å². The van der Waals surface area contributed by atoms with Crippen LogP contribution in [0.5, 0.6) is 0 Å². The van der Waals surface area contributed by atoms with Crippen LogP contribution in [0.3, 0.4) is 0 Å². The van der Waals surface area contributed by atoms with E-state index in [1.165, 1.54) is 46.0 Å². The second-order valence-corrected chi connectivity index (χ2v) is 24.6. The Morgan fingerprint density at radius 3 is 1.23 bits per heavy atom. The maximum absolute atomic E-state index is 14.2. The molecule has 0 saturated heterocycles. The minimum absolute atomic E-state index is 0.249. The van der Waals surface area contributed by atoms with E-state index in [2.05, 4.69) is 245 Å². The summed E-state index contributed by atoms with van der Waals surface area (Å²) in [5.74, 6) is -0.249. The van der Waals surface area contributed by atoms with E-state index in [4.69, 9.17) is 0 Å². The van der Waals surface area contributed by atoms with Gasteiger partial charge in [-0.2, -0.15) is 0 Å². The Hall–Kier alpha value is -7.93. The number of hydrogen-bond donors (Lipinski definition) is 0. The van der Waals surface area contributed by atoms with E-state index in [1.807, 2.05) is 12.1 Å². The number of nitrogens with zero attached hydrogens (tertiary/aromatic N) is 3. The molecule has 12 aromatic rings. The third kappa shape index (κ3) is 6.40. The second kappa shape index (κ2) is 16.0. The zero-order valence-corrected chi connectivity index (χ0v) is 37.6. The van der Waals surface area contributed by atoms with Crippen LogP contribution in [0.15, 0.2) is 255 Å². The molecular formula is C60H42FGeN3. The van der Waals surface area contributed by atoms with Gasteiger partial charge in [0.1, 0.15) is 5.82 Å². The smallest absolute Gasteiger partial charge is 0.0242 e. The van der Waals surface area contributed by atoms with Gasteiger partial charge in [-0.25, -0.2) is 4.39 Å². The molecule has 0 saturated carbocycles. The van der Waals surface area contributed by atoms with Gasteiger partial charge in [-0.05, 0) is 30.3 Å². The van der Waals surface area contributed by atoms with E-state index in [-0.39, 0.29) is 5.82 Å². The first kappa shape index (κ1) is 38.7. The zero-order valence-electron chi connectivity index (χ0n) is 35.5. The normalized spacial score (nSPS) is 11.8. The van der Waals surface area contributed by atoms with Crippen molar-refractivity contribution in [2.45, 2.75) is 0 Å². The molecule has 308 valence electrons. The van der Waals surface area contributed by atoms with Crippen LogP contribution in [-0.4, -0.2) is 22.4 Å². The molecule has 0 fully saturated rings. The predicted octanol–water partition coefficient (Wildman–Crippen LogP) is 12.9. The Morgan fingerprint density at radius 1 is 0.292 bits per heavy atom. The summed E-state index contributed by atoms with van der Waals surface area (Å²) in [6.45, 7) is 0. The molecule has 0 aliphatic carbocycles. The van der Waals surface area contributed by atoms with Crippen molar-refractivity contribution >= 4 is 91.5 Å².